The van der Waals surface area contributed by atoms with Crippen LogP contribution in [0.2, 0.25) is 0 Å². The average molecular weight is 209 g/mol. The van der Waals surface area contributed by atoms with Crippen LogP contribution in [0.4, 0.5) is 0 Å². The Hall–Kier alpha value is -1.42. The largest absolute Gasteiger partial charge is 0.218 e. The fourth-order valence-electron chi connectivity index (χ4n) is 1.21. The zero-order chi connectivity index (χ0) is 9.97. The molecule has 0 spiro atoms. The monoisotopic (exact) mass is 208 g/mol. The molecule has 0 aromatic carbocycles. The van der Waals surface area contributed by atoms with Crippen LogP contribution in [-0.2, 0) is 5.88 Å². The zero-order valence-corrected chi connectivity index (χ0v) is 8.44. The Labute approximate surface area is 86.5 Å². The van der Waals surface area contributed by atoms with Crippen molar-refractivity contribution in [1.29, 1.82) is 0 Å². The topological polar surface area (TPSA) is 43.6 Å². The molecule has 0 bridgehead atoms. The molecule has 0 saturated heterocycles. The zero-order valence-electron chi connectivity index (χ0n) is 7.68. The minimum atomic E-state index is 0.464. The van der Waals surface area contributed by atoms with Crippen LogP contribution in [0.15, 0.2) is 24.5 Å². The summed E-state index contributed by atoms with van der Waals surface area (Å²) in [4.78, 5) is 0. The van der Waals surface area contributed by atoms with E-state index in [2.05, 4.69) is 15.3 Å². The maximum absolute atomic E-state index is 5.74. The predicted molar refractivity (Wildman–Crippen MR) is 53.4 cm³/mol. The van der Waals surface area contributed by atoms with Gasteiger partial charge in [0, 0.05) is 17.5 Å². The smallest absolute Gasteiger partial charge is 0.175 e. The van der Waals surface area contributed by atoms with Gasteiger partial charge in [-0.3, -0.25) is 0 Å². The van der Waals surface area contributed by atoms with Gasteiger partial charge in [0.2, 0.25) is 0 Å². The van der Waals surface area contributed by atoms with Gasteiger partial charge >= 0.3 is 0 Å². The van der Waals surface area contributed by atoms with E-state index in [1.165, 1.54) is 0 Å². The fraction of sp³-hybridized carbons (Fsp3) is 0.222. The Morgan fingerprint density at radius 3 is 2.93 bits per heavy atom. The third-order valence-electron chi connectivity index (χ3n) is 2.03. The molecule has 2 aromatic rings. The number of aromatic nitrogens is 4. The van der Waals surface area contributed by atoms with Crippen LogP contribution in [0.5, 0.6) is 0 Å². The third kappa shape index (κ3) is 1.48. The van der Waals surface area contributed by atoms with Crippen LogP contribution >= 0.6 is 11.6 Å². The summed E-state index contributed by atoms with van der Waals surface area (Å²) < 4.78 is 1.73. The third-order valence-corrected chi connectivity index (χ3v) is 2.32. The van der Waals surface area contributed by atoms with Gasteiger partial charge in [0.15, 0.2) is 5.82 Å². The molecule has 0 aliphatic heterocycles. The molecule has 0 radical (unpaired) electrons. The Morgan fingerprint density at radius 1 is 1.50 bits per heavy atom. The van der Waals surface area contributed by atoms with Crippen LogP contribution in [0.25, 0.3) is 5.82 Å². The van der Waals surface area contributed by atoms with Crippen LogP contribution in [0.3, 0.4) is 0 Å². The first-order valence-electron chi connectivity index (χ1n) is 4.20. The molecular weight excluding hydrogens is 200 g/mol. The van der Waals surface area contributed by atoms with Crippen molar-refractivity contribution in [2.45, 2.75) is 12.8 Å². The highest BCUT2D eigenvalue weighted by atomic mass is 35.5. The van der Waals surface area contributed by atoms with E-state index in [1.807, 2.05) is 19.1 Å². The Balaban J connectivity index is 2.48. The molecule has 0 N–H and O–H groups in total. The van der Waals surface area contributed by atoms with Gasteiger partial charge in [-0.25, -0.2) is 4.68 Å². The van der Waals surface area contributed by atoms with Crippen molar-refractivity contribution in [2.24, 2.45) is 0 Å². The molecule has 2 aromatic heterocycles. The highest BCUT2D eigenvalue weighted by Crippen LogP contribution is 2.12. The normalized spacial score (nSPS) is 10.4. The maximum atomic E-state index is 5.74. The van der Waals surface area contributed by atoms with E-state index in [1.54, 1.807) is 17.1 Å². The second kappa shape index (κ2) is 3.75. The summed E-state index contributed by atoms with van der Waals surface area (Å²) in [7, 11) is 0. The minimum Gasteiger partial charge on any atom is -0.218 e. The molecule has 14 heavy (non-hydrogen) atoms. The molecule has 0 unspecified atom stereocenters. The van der Waals surface area contributed by atoms with Gasteiger partial charge in [0.05, 0.1) is 12.1 Å². The van der Waals surface area contributed by atoms with Crippen LogP contribution in [0.1, 0.15) is 11.3 Å². The van der Waals surface area contributed by atoms with Crippen molar-refractivity contribution in [1.82, 2.24) is 20.0 Å². The lowest BCUT2D eigenvalue weighted by atomic mass is 10.3. The van der Waals surface area contributed by atoms with E-state index in [0.29, 0.717) is 11.7 Å². The summed E-state index contributed by atoms with van der Waals surface area (Å²) in [5, 5.41) is 11.9. The van der Waals surface area contributed by atoms with Crippen molar-refractivity contribution in [3.8, 4) is 5.82 Å². The van der Waals surface area contributed by atoms with Crippen LogP contribution in [-0.4, -0.2) is 20.0 Å². The molecule has 0 atom stereocenters. The van der Waals surface area contributed by atoms with E-state index < -0.39 is 0 Å². The van der Waals surface area contributed by atoms with Crippen LogP contribution < -0.4 is 0 Å². The number of halogens is 1. The second-order valence-electron chi connectivity index (χ2n) is 2.88. The molecular formula is C9H9ClN4. The van der Waals surface area contributed by atoms with Crippen molar-refractivity contribution in [3.05, 3.63) is 35.8 Å². The predicted octanol–water partition coefficient (Wildman–Crippen LogP) is 1.71. The molecule has 2 heterocycles. The molecule has 0 fully saturated rings. The van der Waals surface area contributed by atoms with Gasteiger partial charge in [0.1, 0.15) is 0 Å². The summed E-state index contributed by atoms with van der Waals surface area (Å²) >= 11 is 5.74. The average Bonchev–Trinajstić information content (AvgIpc) is 2.61. The lowest BCUT2D eigenvalue weighted by molar-refractivity contribution is 0.789. The van der Waals surface area contributed by atoms with E-state index in [4.69, 9.17) is 11.6 Å². The van der Waals surface area contributed by atoms with Crippen molar-refractivity contribution in [2.75, 3.05) is 0 Å². The maximum Gasteiger partial charge on any atom is 0.175 e. The number of hydrogen-bond acceptors (Lipinski definition) is 3. The molecule has 4 nitrogen and oxygen atoms in total. The van der Waals surface area contributed by atoms with Crippen LogP contribution in [0, 0.1) is 6.92 Å². The lowest BCUT2D eigenvalue weighted by Crippen LogP contribution is -2.02. The van der Waals surface area contributed by atoms with Gasteiger partial charge in [-0.05, 0) is 19.1 Å². The molecule has 0 saturated carbocycles. The molecule has 0 aliphatic rings. The first-order chi connectivity index (χ1) is 6.83. The Kier molecular flexibility index (Phi) is 2.45. The standard InChI is InChI=1S/C9H9ClN4/c1-7-8(5-10)6-12-14(7)9-3-2-4-11-13-9/h2-4,6H,5H2,1H3. The number of rotatable bonds is 2. The number of alkyl halides is 1. The molecule has 2 rings (SSSR count). The van der Waals surface area contributed by atoms with Gasteiger partial charge in [-0.1, -0.05) is 0 Å². The van der Waals surface area contributed by atoms with Gasteiger partial charge in [-0.2, -0.15) is 10.2 Å². The molecule has 5 heteroatoms. The minimum absolute atomic E-state index is 0.464. The van der Waals surface area contributed by atoms with E-state index in [0.717, 1.165) is 11.3 Å². The van der Waals surface area contributed by atoms with Gasteiger partial charge in [-0.15, -0.1) is 16.7 Å². The molecule has 0 amide bonds. The van der Waals surface area contributed by atoms with Gasteiger partial charge in [0.25, 0.3) is 0 Å². The summed E-state index contributed by atoms with van der Waals surface area (Å²) in [5.41, 5.74) is 2.01. The highest BCUT2D eigenvalue weighted by molar-refractivity contribution is 6.17. The van der Waals surface area contributed by atoms with Crippen molar-refractivity contribution < 1.29 is 0 Å². The SMILES string of the molecule is Cc1c(CCl)cnn1-c1cccnn1. The first-order valence-corrected chi connectivity index (χ1v) is 4.74. The number of hydrogen-bond donors (Lipinski definition) is 0. The molecule has 0 aliphatic carbocycles. The summed E-state index contributed by atoms with van der Waals surface area (Å²) in [6.45, 7) is 1.96. The lowest BCUT2D eigenvalue weighted by Gasteiger charge is -2.01. The summed E-state index contributed by atoms with van der Waals surface area (Å²) in [6.07, 6.45) is 3.38. The van der Waals surface area contributed by atoms with E-state index >= 15 is 0 Å². The number of nitrogens with zero attached hydrogens (tertiary/aromatic N) is 4. The van der Waals surface area contributed by atoms with Gasteiger partial charge < -0.3 is 0 Å². The Bertz CT molecular complexity index is 424. The summed E-state index contributed by atoms with van der Waals surface area (Å²) in [6, 6.07) is 3.68. The second-order valence-corrected chi connectivity index (χ2v) is 3.15. The first kappa shape index (κ1) is 9.15. The van der Waals surface area contributed by atoms with Crippen molar-refractivity contribution in [3.63, 3.8) is 0 Å². The quantitative estimate of drug-likeness (QED) is 0.706. The van der Waals surface area contributed by atoms with E-state index in [-0.39, 0.29) is 0 Å². The van der Waals surface area contributed by atoms with Crippen molar-refractivity contribution >= 4 is 11.6 Å². The van der Waals surface area contributed by atoms with E-state index in [9.17, 15) is 0 Å². The fourth-order valence-corrected chi connectivity index (χ4v) is 1.47. The Morgan fingerprint density at radius 2 is 2.36 bits per heavy atom. The molecule has 72 valence electrons. The highest BCUT2D eigenvalue weighted by Gasteiger charge is 2.07. The summed E-state index contributed by atoms with van der Waals surface area (Å²) in [5.74, 6) is 1.17.